The first kappa shape index (κ1) is 17.2. The number of carbonyl (C=O) groups excluding carboxylic acids is 2. The molecule has 1 heterocycles. The fourth-order valence-electron chi connectivity index (χ4n) is 2.90. The topological polar surface area (TPSA) is 74.7 Å². The van der Waals surface area contributed by atoms with Crippen LogP contribution < -0.4 is 4.90 Å². The molecule has 1 atom stereocenters. The van der Waals surface area contributed by atoms with Gasteiger partial charge in [0.15, 0.2) is 5.78 Å². The molecule has 1 unspecified atom stereocenters. The Hall–Kier alpha value is -2.17. The van der Waals surface area contributed by atoms with Gasteiger partial charge >= 0.3 is 5.97 Å². The van der Waals surface area contributed by atoms with Gasteiger partial charge in [-0.3, -0.25) is 14.4 Å². The zero-order valence-corrected chi connectivity index (χ0v) is 13.8. The number of carboxylic acids is 1. The number of benzene rings is 1. The molecule has 0 aromatic heterocycles. The third-order valence-electron chi connectivity index (χ3n) is 4.25. The van der Waals surface area contributed by atoms with Gasteiger partial charge < -0.3 is 10.0 Å². The van der Waals surface area contributed by atoms with Gasteiger partial charge in [0.05, 0.1) is 5.92 Å². The Morgan fingerprint density at radius 3 is 2.57 bits per heavy atom. The summed E-state index contributed by atoms with van der Waals surface area (Å²) in [6, 6.07) is 5.44. The SMILES string of the molecule is CC(C)C(=O)c1ccc2c(c1)C(C)C(=O)N2CCCCC(=O)O. The van der Waals surface area contributed by atoms with E-state index >= 15 is 0 Å². The van der Waals surface area contributed by atoms with E-state index in [1.807, 2.05) is 32.9 Å². The van der Waals surface area contributed by atoms with Gasteiger partial charge in [0, 0.05) is 30.1 Å². The number of Topliss-reactive ketones (excluding diaryl/α,β-unsaturated/α-hetero) is 1. The predicted molar refractivity (Wildman–Crippen MR) is 87.9 cm³/mol. The summed E-state index contributed by atoms with van der Waals surface area (Å²) in [6.07, 6.45) is 1.32. The highest BCUT2D eigenvalue weighted by molar-refractivity contribution is 6.06. The third kappa shape index (κ3) is 3.60. The molecule has 0 saturated heterocycles. The largest absolute Gasteiger partial charge is 0.481 e. The number of hydrogen-bond acceptors (Lipinski definition) is 3. The van der Waals surface area contributed by atoms with Crippen molar-refractivity contribution in [1.29, 1.82) is 0 Å². The summed E-state index contributed by atoms with van der Waals surface area (Å²) in [6.45, 7) is 6.08. The van der Waals surface area contributed by atoms with Crippen molar-refractivity contribution in [2.75, 3.05) is 11.4 Å². The highest BCUT2D eigenvalue weighted by atomic mass is 16.4. The van der Waals surface area contributed by atoms with Crippen molar-refractivity contribution in [3.63, 3.8) is 0 Å². The van der Waals surface area contributed by atoms with Gasteiger partial charge in [-0.05, 0) is 43.5 Å². The minimum Gasteiger partial charge on any atom is -0.481 e. The third-order valence-corrected chi connectivity index (χ3v) is 4.25. The maximum atomic E-state index is 12.4. The molecule has 23 heavy (non-hydrogen) atoms. The minimum absolute atomic E-state index is 0.0180. The second-order valence-electron chi connectivity index (χ2n) is 6.35. The molecule has 124 valence electrons. The molecule has 0 radical (unpaired) electrons. The maximum absolute atomic E-state index is 12.4. The number of rotatable bonds is 7. The second-order valence-corrected chi connectivity index (χ2v) is 6.35. The van der Waals surface area contributed by atoms with Crippen molar-refractivity contribution >= 4 is 23.3 Å². The summed E-state index contributed by atoms with van der Waals surface area (Å²) in [5.74, 6) is -1.06. The van der Waals surface area contributed by atoms with Gasteiger partial charge in [0.1, 0.15) is 0 Å². The number of carbonyl (C=O) groups is 3. The van der Waals surface area contributed by atoms with Gasteiger partial charge in [0.2, 0.25) is 5.91 Å². The summed E-state index contributed by atoms with van der Waals surface area (Å²) in [5.41, 5.74) is 2.38. The fourth-order valence-corrected chi connectivity index (χ4v) is 2.90. The minimum atomic E-state index is -0.816. The number of carboxylic acid groups (broad SMARTS) is 1. The molecule has 1 aliphatic heterocycles. The Morgan fingerprint density at radius 2 is 1.96 bits per heavy atom. The normalized spacial score (nSPS) is 16.8. The van der Waals surface area contributed by atoms with Crippen molar-refractivity contribution in [3.05, 3.63) is 29.3 Å². The van der Waals surface area contributed by atoms with E-state index in [1.165, 1.54) is 0 Å². The molecule has 5 nitrogen and oxygen atoms in total. The number of aliphatic carboxylic acids is 1. The van der Waals surface area contributed by atoms with Gasteiger partial charge in [-0.15, -0.1) is 0 Å². The smallest absolute Gasteiger partial charge is 0.303 e. The Balaban J connectivity index is 2.16. The summed E-state index contributed by atoms with van der Waals surface area (Å²) < 4.78 is 0. The number of ketones is 1. The first-order valence-corrected chi connectivity index (χ1v) is 8.04. The lowest BCUT2D eigenvalue weighted by molar-refractivity contribution is -0.137. The van der Waals surface area contributed by atoms with Crippen LogP contribution in [0.25, 0.3) is 0 Å². The lowest BCUT2D eigenvalue weighted by atomic mass is 9.95. The van der Waals surface area contributed by atoms with Crippen LogP contribution >= 0.6 is 0 Å². The first-order chi connectivity index (χ1) is 10.8. The van der Waals surface area contributed by atoms with Crippen LogP contribution in [-0.4, -0.2) is 29.3 Å². The average Bonchev–Trinajstić information content (AvgIpc) is 2.74. The molecular formula is C18H23NO4. The quantitative estimate of drug-likeness (QED) is 0.619. The number of hydrogen-bond donors (Lipinski definition) is 1. The van der Waals surface area contributed by atoms with Crippen LogP contribution in [0.1, 0.15) is 61.9 Å². The molecule has 0 spiro atoms. The van der Waals surface area contributed by atoms with Crippen LogP contribution in [0.15, 0.2) is 18.2 Å². The van der Waals surface area contributed by atoms with Crippen LogP contribution in [0.3, 0.4) is 0 Å². The lowest BCUT2D eigenvalue weighted by Gasteiger charge is -2.17. The lowest BCUT2D eigenvalue weighted by Crippen LogP contribution is -2.29. The summed E-state index contributed by atoms with van der Waals surface area (Å²) in [7, 11) is 0. The van der Waals surface area contributed by atoms with Crippen LogP contribution in [0, 0.1) is 5.92 Å². The Kier molecular flexibility index (Phi) is 5.19. The van der Waals surface area contributed by atoms with Gasteiger partial charge in [-0.2, -0.15) is 0 Å². The zero-order valence-electron chi connectivity index (χ0n) is 13.8. The molecule has 1 N–H and O–H groups in total. The Morgan fingerprint density at radius 1 is 1.26 bits per heavy atom. The molecule has 1 aliphatic rings. The first-order valence-electron chi connectivity index (χ1n) is 8.04. The Bertz CT molecular complexity index is 636. The fraction of sp³-hybridized carbons (Fsp3) is 0.500. The van der Waals surface area contributed by atoms with E-state index in [-0.39, 0.29) is 29.9 Å². The molecule has 0 saturated carbocycles. The van der Waals surface area contributed by atoms with Crippen LogP contribution in [0.4, 0.5) is 5.69 Å². The van der Waals surface area contributed by atoms with Crippen LogP contribution in [-0.2, 0) is 9.59 Å². The van der Waals surface area contributed by atoms with Crippen LogP contribution in [0.5, 0.6) is 0 Å². The van der Waals surface area contributed by atoms with Crippen molar-refractivity contribution in [3.8, 4) is 0 Å². The van der Waals surface area contributed by atoms with Crippen molar-refractivity contribution in [2.24, 2.45) is 5.92 Å². The number of anilines is 1. The highest BCUT2D eigenvalue weighted by Gasteiger charge is 2.34. The molecule has 2 rings (SSSR count). The summed E-state index contributed by atoms with van der Waals surface area (Å²) in [5, 5.41) is 8.67. The van der Waals surface area contributed by atoms with E-state index in [0.29, 0.717) is 24.9 Å². The summed E-state index contributed by atoms with van der Waals surface area (Å²) in [4.78, 5) is 36.8. The predicted octanol–water partition coefficient (Wildman–Crippen LogP) is 3.23. The molecule has 0 fully saturated rings. The van der Waals surface area contributed by atoms with E-state index in [0.717, 1.165) is 11.3 Å². The monoisotopic (exact) mass is 317 g/mol. The molecular weight excluding hydrogens is 294 g/mol. The van der Waals surface area contributed by atoms with Crippen molar-refractivity contribution in [1.82, 2.24) is 0 Å². The number of nitrogens with zero attached hydrogens (tertiary/aromatic N) is 1. The molecule has 1 amide bonds. The molecule has 5 heteroatoms. The molecule has 0 aliphatic carbocycles. The second kappa shape index (κ2) is 6.94. The van der Waals surface area contributed by atoms with Crippen molar-refractivity contribution in [2.45, 2.75) is 46.0 Å². The van der Waals surface area contributed by atoms with E-state index in [4.69, 9.17) is 5.11 Å². The van der Waals surface area contributed by atoms with Gasteiger partial charge in [0.25, 0.3) is 0 Å². The number of amides is 1. The van der Waals surface area contributed by atoms with E-state index in [2.05, 4.69) is 0 Å². The zero-order chi connectivity index (χ0) is 17.1. The Labute approximate surface area is 136 Å². The number of unbranched alkanes of at least 4 members (excludes halogenated alkanes) is 1. The number of fused-ring (bicyclic) bond motifs is 1. The van der Waals surface area contributed by atoms with Crippen LogP contribution in [0.2, 0.25) is 0 Å². The van der Waals surface area contributed by atoms with Gasteiger partial charge in [-0.25, -0.2) is 0 Å². The van der Waals surface area contributed by atoms with E-state index in [1.54, 1.807) is 11.0 Å². The average molecular weight is 317 g/mol. The van der Waals surface area contributed by atoms with Gasteiger partial charge in [-0.1, -0.05) is 13.8 Å². The molecule has 1 aromatic carbocycles. The standard InChI is InChI=1S/C18H23NO4/c1-11(2)17(22)13-7-8-15-14(10-13)12(3)18(23)19(15)9-5-4-6-16(20)21/h7-8,10-12H,4-6,9H2,1-3H3,(H,20,21). The van der Waals surface area contributed by atoms with E-state index < -0.39 is 5.97 Å². The highest BCUT2D eigenvalue weighted by Crippen LogP contribution is 2.38. The molecule has 0 bridgehead atoms. The maximum Gasteiger partial charge on any atom is 0.303 e. The van der Waals surface area contributed by atoms with E-state index in [9.17, 15) is 14.4 Å². The molecule has 1 aromatic rings. The summed E-state index contributed by atoms with van der Waals surface area (Å²) >= 11 is 0. The van der Waals surface area contributed by atoms with Crippen molar-refractivity contribution < 1.29 is 19.5 Å².